The van der Waals surface area contributed by atoms with E-state index in [9.17, 15) is 17.6 Å². The molecular weight excluding hydrogens is 477 g/mol. The van der Waals surface area contributed by atoms with Gasteiger partial charge in [-0.3, -0.25) is 9.69 Å². The quantitative estimate of drug-likeness (QED) is 0.402. The van der Waals surface area contributed by atoms with Crippen LogP contribution in [0.3, 0.4) is 0 Å². The van der Waals surface area contributed by atoms with Crippen LogP contribution in [0.2, 0.25) is 0 Å². The second-order valence-electron chi connectivity index (χ2n) is 9.27. The molecule has 1 fully saturated rings. The molecule has 1 heterocycles. The molecule has 1 saturated heterocycles. The van der Waals surface area contributed by atoms with Crippen LogP contribution in [0.5, 0.6) is 0 Å². The van der Waals surface area contributed by atoms with Crippen molar-refractivity contribution in [3.05, 3.63) is 78.1 Å². The molecule has 1 aliphatic rings. The van der Waals surface area contributed by atoms with E-state index in [4.69, 9.17) is 0 Å². The largest absolute Gasteiger partial charge is 0.337 e. The van der Waals surface area contributed by atoms with E-state index in [1.165, 1.54) is 12.1 Å². The van der Waals surface area contributed by atoms with Crippen LogP contribution in [-0.2, 0) is 21.4 Å². The van der Waals surface area contributed by atoms with Crippen molar-refractivity contribution in [2.45, 2.75) is 37.6 Å². The van der Waals surface area contributed by atoms with Gasteiger partial charge >= 0.3 is 0 Å². The average Bonchev–Trinajstić information content (AvgIpc) is 2.90. The average molecular weight is 512 g/mol. The number of halogens is 1. The fourth-order valence-corrected chi connectivity index (χ4v) is 6.24. The van der Waals surface area contributed by atoms with E-state index in [-0.39, 0.29) is 11.7 Å². The number of hydrogen-bond donors (Lipinski definition) is 0. The third kappa shape index (κ3) is 6.30. The minimum absolute atomic E-state index is 0.0957. The first-order valence-corrected chi connectivity index (χ1v) is 14.0. The molecule has 0 radical (unpaired) electrons. The van der Waals surface area contributed by atoms with Crippen molar-refractivity contribution in [2.24, 2.45) is 0 Å². The first-order valence-electron chi connectivity index (χ1n) is 12.6. The zero-order valence-electron chi connectivity index (χ0n) is 20.8. The molecule has 0 atom stereocenters. The Balaban J connectivity index is 1.37. The molecule has 8 heteroatoms. The number of benzene rings is 3. The van der Waals surface area contributed by atoms with Gasteiger partial charge in [0.2, 0.25) is 15.9 Å². The minimum atomic E-state index is -3.60. The Labute approximate surface area is 213 Å². The first kappa shape index (κ1) is 26.3. The van der Waals surface area contributed by atoms with E-state index in [0.29, 0.717) is 57.1 Å². The van der Waals surface area contributed by atoms with Crippen molar-refractivity contribution in [3.8, 4) is 0 Å². The minimum Gasteiger partial charge on any atom is -0.337 e. The lowest BCUT2D eigenvalue weighted by atomic mass is 10.1. The van der Waals surface area contributed by atoms with Gasteiger partial charge in [0, 0.05) is 57.6 Å². The van der Waals surface area contributed by atoms with Crippen LogP contribution in [0.1, 0.15) is 31.7 Å². The molecule has 3 aromatic rings. The lowest BCUT2D eigenvalue weighted by Gasteiger charge is -2.35. The van der Waals surface area contributed by atoms with Crippen molar-refractivity contribution in [1.29, 1.82) is 0 Å². The summed E-state index contributed by atoms with van der Waals surface area (Å²) in [4.78, 5) is 17.2. The number of rotatable bonds is 10. The second-order valence-corrected chi connectivity index (χ2v) is 11.2. The van der Waals surface area contributed by atoms with Gasteiger partial charge in [-0.15, -0.1) is 0 Å². The number of nitrogens with zero attached hydrogens (tertiary/aromatic N) is 3. The summed E-state index contributed by atoms with van der Waals surface area (Å²) in [6.45, 7) is 5.76. The van der Waals surface area contributed by atoms with Crippen molar-refractivity contribution in [3.63, 3.8) is 0 Å². The van der Waals surface area contributed by atoms with Gasteiger partial charge in [-0.1, -0.05) is 61.9 Å². The topological polar surface area (TPSA) is 60.9 Å². The van der Waals surface area contributed by atoms with E-state index >= 15 is 0 Å². The highest BCUT2D eigenvalue weighted by molar-refractivity contribution is 7.89. The molecule has 0 N–H and O–H groups in total. The number of unbranched alkanes of at least 4 members (excludes halogenated alkanes) is 1. The SMILES string of the molecule is CCCCC(=O)N(CCN1CCN(S(=O)(=O)c2cccc3ccccc23)CC1)Cc1ccc(F)cc1. The third-order valence-corrected chi connectivity index (χ3v) is 8.73. The summed E-state index contributed by atoms with van der Waals surface area (Å²) in [5.74, 6) is -0.197. The molecule has 0 aromatic heterocycles. The van der Waals surface area contributed by atoms with Gasteiger partial charge in [0.15, 0.2) is 0 Å². The fourth-order valence-electron chi connectivity index (χ4n) is 4.60. The lowest BCUT2D eigenvalue weighted by molar-refractivity contribution is -0.132. The number of carbonyl (C=O) groups is 1. The Bertz CT molecular complexity index is 1270. The summed E-state index contributed by atoms with van der Waals surface area (Å²) < 4.78 is 41.7. The van der Waals surface area contributed by atoms with Crippen molar-refractivity contribution < 1.29 is 17.6 Å². The van der Waals surface area contributed by atoms with Crippen molar-refractivity contribution in [2.75, 3.05) is 39.3 Å². The standard InChI is InChI=1S/C28H34FN3O3S/c1-2-3-11-28(33)31(22-23-12-14-25(29)15-13-23)19-16-30-17-20-32(21-18-30)36(34,35)27-10-6-8-24-7-4-5-9-26(24)27/h4-10,12-15H,2-3,11,16-22H2,1H3. The molecule has 0 unspecified atom stereocenters. The first-order chi connectivity index (χ1) is 17.4. The smallest absolute Gasteiger partial charge is 0.243 e. The number of hydrogen-bond acceptors (Lipinski definition) is 4. The normalized spacial score (nSPS) is 15.3. The number of carbonyl (C=O) groups excluding carboxylic acids is 1. The van der Waals surface area contributed by atoms with E-state index in [0.717, 1.165) is 29.2 Å². The summed E-state index contributed by atoms with van der Waals surface area (Å²) >= 11 is 0. The molecule has 192 valence electrons. The lowest BCUT2D eigenvalue weighted by Crippen LogP contribution is -2.50. The Kier molecular flexibility index (Phi) is 8.72. The van der Waals surface area contributed by atoms with Gasteiger partial charge in [0.05, 0.1) is 4.90 Å². The molecule has 36 heavy (non-hydrogen) atoms. The zero-order valence-corrected chi connectivity index (χ0v) is 21.6. The monoisotopic (exact) mass is 511 g/mol. The number of amides is 1. The molecule has 0 aliphatic carbocycles. The maximum absolute atomic E-state index is 13.4. The highest BCUT2D eigenvalue weighted by atomic mass is 32.2. The van der Waals surface area contributed by atoms with Crippen LogP contribution in [0.15, 0.2) is 71.6 Å². The highest BCUT2D eigenvalue weighted by Crippen LogP contribution is 2.26. The molecule has 0 bridgehead atoms. The van der Waals surface area contributed by atoms with Crippen LogP contribution in [0.25, 0.3) is 10.8 Å². The molecule has 4 rings (SSSR count). The highest BCUT2D eigenvalue weighted by Gasteiger charge is 2.30. The van der Waals surface area contributed by atoms with Crippen molar-refractivity contribution >= 4 is 26.7 Å². The van der Waals surface area contributed by atoms with Gasteiger partial charge in [-0.05, 0) is 35.6 Å². The molecule has 0 saturated carbocycles. The van der Waals surface area contributed by atoms with Crippen LogP contribution < -0.4 is 0 Å². The maximum Gasteiger partial charge on any atom is 0.243 e. The predicted molar refractivity (Wildman–Crippen MR) is 140 cm³/mol. The Morgan fingerprint density at radius 1 is 0.944 bits per heavy atom. The van der Waals surface area contributed by atoms with E-state index in [1.807, 2.05) is 35.2 Å². The Hall–Kier alpha value is -2.81. The van der Waals surface area contributed by atoms with Crippen LogP contribution >= 0.6 is 0 Å². The van der Waals surface area contributed by atoms with E-state index in [1.54, 1.807) is 28.6 Å². The number of piperazine rings is 1. The van der Waals surface area contributed by atoms with E-state index in [2.05, 4.69) is 11.8 Å². The van der Waals surface area contributed by atoms with Crippen LogP contribution in [0.4, 0.5) is 4.39 Å². The van der Waals surface area contributed by atoms with Gasteiger partial charge in [-0.2, -0.15) is 4.31 Å². The molecule has 3 aromatic carbocycles. The third-order valence-electron chi connectivity index (χ3n) is 6.77. The Morgan fingerprint density at radius 2 is 1.64 bits per heavy atom. The van der Waals surface area contributed by atoms with E-state index < -0.39 is 10.0 Å². The summed E-state index contributed by atoms with van der Waals surface area (Å²) in [7, 11) is -3.60. The zero-order chi connectivity index (χ0) is 25.5. The van der Waals surface area contributed by atoms with Crippen LogP contribution in [0, 0.1) is 5.82 Å². The van der Waals surface area contributed by atoms with Gasteiger partial charge in [0.25, 0.3) is 0 Å². The molecule has 1 amide bonds. The molecule has 1 aliphatic heterocycles. The molecular formula is C28H34FN3O3S. The van der Waals surface area contributed by atoms with Gasteiger partial charge < -0.3 is 4.90 Å². The number of sulfonamides is 1. The number of fused-ring (bicyclic) bond motifs is 1. The second kappa shape index (κ2) is 12.0. The summed E-state index contributed by atoms with van der Waals surface area (Å²) in [5, 5.41) is 1.65. The summed E-state index contributed by atoms with van der Waals surface area (Å²) in [5.41, 5.74) is 0.896. The molecule has 0 spiro atoms. The van der Waals surface area contributed by atoms with Crippen molar-refractivity contribution in [1.82, 2.24) is 14.1 Å². The molecule has 6 nitrogen and oxygen atoms in total. The predicted octanol–water partition coefficient (Wildman–Crippen LogP) is 4.50. The van der Waals surface area contributed by atoms with Crippen LogP contribution in [-0.4, -0.2) is 67.7 Å². The Morgan fingerprint density at radius 3 is 2.36 bits per heavy atom. The van der Waals surface area contributed by atoms with Gasteiger partial charge in [0.1, 0.15) is 5.82 Å². The summed E-state index contributed by atoms with van der Waals surface area (Å²) in [6, 6.07) is 19.2. The van der Waals surface area contributed by atoms with Gasteiger partial charge in [-0.25, -0.2) is 12.8 Å². The summed E-state index contributed by atoms with van der Waals surface area (Å²) in [6.07, 6.45) is 2.28. The fraction of sp³-hybridized carbons (Fsp3) is 0.393. The maximum atomic E-state index is 13.4.